The van der Waals surface area contributed by atoms with Gasteiger partial charge in [0.05, 0.1) is 5.56 Å². The zero-order valence-electron chi connectivity index (χ0n) is 9.56. The molecular formula is C12H13BrF3NS. The second kappa shape index (κ2) is 7.09. The van der Waals surface area contributed by atoms with E-state index in [9.17, 15) is 13.2 Å². The van der Waals surface area contributed by atoms with Gasteiger partial charge in [-0.15, -0.1) is 6.58 Å². The van der Waals surface area contributed by atoms with Crippen molar-refractivity contribution in [3.8, 4) is 0 Å². The van der Waals surface area contributed by atoms with Crippen molar-refractivity contribution < 1.29 is 13.2 Å². The van der Waals surface area contributed by atoms with Crippen LogP contribution in [0.4, 0.5) is 18.9 Å². The van der Waals surface area contributed by atoms with Crippen LogP contribution in [0.25, 0.3) is 0 Å². The molecule has 100 valence electrons. The SMILES string of the molecule is C=CCSCCNc1cc(Br)ccc1C(F)(F)F. The Balaban J connectivity index is 2.68. The first-order chi connectivity index (χ1) is 8.45. The summed E-state index contributed by atoms with van der Waals surface area (Å²) in [6.07, 6.45) is -2.57. The van der Waals surface area contributed by atoms with Gasteiger partial charge in [0.15, 0.2) is 0 Å². The monoisotopic (exact) mass is 339 g/mol. The van der Waals surface area contributed by atoms with Crippen LogP contribution in [-0.4, -0.2) is 18.1 Å². The minimum atomic E-state index is -4.34. The number of nitrogens with one attached hydrogen (secondary N) is 1. The Hall–Kier alpha value is -0.620. The molecule has 0 saturated heterocycles. The van der Waals surface area contributed by atoms with Gasteiger partial charge in [0.1, 0.15) is 0 Å². The summed E-state index contributed by atoms with van der Waals surface area (Å²) in [6.45, 7) is 4.06. The molecule has 0 radical (unpaired) electrons. The topological polar surface area (TPSA) is 12.0 Å². The van der Waals surface area contributed by atoms with E-state index in [1.54, 1.807) is 17.8 Å². The molecule has 0 bridgehead atoms. The summed E-state index contributed by atoms with van der Waals surface area (Å²) < 4.78 is 38.8. The molecule has 0 saturated carbocycles. The van der Waals surface area contributed by atoms with Crippen LogP contribution in [0.5, 0.6) is 0 Å². The van der Waals surface area contributed by atoms with Crippen molar-refractivity contribution in [2.75, 3.05) is 23.4 Å². The van der Waals surface area contributed by atoms with Crippen LogP contribution < -0.4 is 5.32 Å². The Labute approximate surface area is 117 Å². The van der Waals surface area contributed by atoms with Gasteiger partial charge in [-0.2, -0.15) is 24.9 Å². The highest BCUT2D eigenvalue weighted by molar-refractivity contribution is 9.10. The standard InChI is InChI=1S/C12H13BrF3NS/c1-2-6-18-7-5-17-11-8-9(13)3-4-10(11)12(14,15)16/h2-4,8,17H,1,5-7H2. The maximum atomic E-state index is 12.7. The summed E-state index contributed by atoms with van der Waals surface area (Å²) in [5.74, 6) is 1.53. The number of benzene rings is 1. The van der Waals surface area contributed by atoms with Gasteiger partial charge in [-0.1, -0.05) is 22.0 Å². The molecule has 0 amide bonds. The molecule has 0 unspecified atom stereocenters. The smallest absolute Gasteiger partial charge is 0.384 e. The number of alkyl halides is 3. The minimum Gasteiger partial charge on any atom is -0.384 e. The molecule has 18 heavy (non-hydrogen) atoms. The highest BCUT2D eigenvalue weighted by Gasteiger charge is 2.33. The fourth-order valence-electron chi connectivity index (χ4n) is 1.33. The van der Waals surface area contributed by atoms with Crippen LogP contribution in [0.1, 0.15) is 5.56 Å². The van der Waals surface area contributed by atoms with Gasteiger partial charge in [-0.05, 0) is 18.2 Å². The highest BCUT2D eigenvalue weighted by atomic mass is 79.9. The number of anilines is 1. The highest BCUT2D eigenvalue weighted by Crippen LogP contribution is 2.36. The molecule has 0 aliphatic heterocycles. The second-order valence-corrected chi connectivity index (χ2v) is 5.54. The molecule has 1 rings (SSSR count). The Bertz CT molecular complexity index is 407. The summed E-state index contributed by atoms with van der Waals surface area (Å²) >= 11 is 4.79. The molecule has 0 heterocycles. The minimum absolute atomic E-state index is 0.107. The van der Waals surface area contributed by atoms with Crippen molar-refractivity contribution in [1.29, 1.82) is 0 Å². The molecule has 0 fully saturated rings. The molecule has 1 N–H and O–H groups in total. The van der Waals surface area contributed by atoms with Crippen molar-refractivity contribution in [2.45, 2.75) is 6.18 Å². The lowest BCUT2D eigenvalue weighted by molar-refractivity contribution is -0.136. The zero-order chi connectivity index (χ0) is 13.6. The lowest BCUT2D eigenvalue weighted by Crippen LogP contribution is -2.12. The molecule has 1 nitrogen and oxygen atoms in total. The first-order valence-corrected chi connectivity index (χ1v) is 7.19. The third-order valence-electron chi connectivity index (χ3n) is 2.08. The van der Waals surface area contributed by atoms with E-state index in [4.69, 9.17) is 0 Å². The molecule has 6 heteroatoms. The number of hydrogen-bond acceptors (Lipinski definition) is 2. The van der Waals surface area contributed by atoms with Crippen LogP contribution >= 0.6 is 27.7 Å². The van der Waals surface area contributed by atoms with Crippen molar-refractivity contribution in [1.82, 2.24) is 0 Å². The zero-order valence-corrected chi connectivity index (χ0v) is 12.0. The van der Waals surface area contributed by atoms with E-state index in [1.165, 1.54) is 12.1 Å². The second-order valence-electron chi connectivity index (χ2n) is 3.48. The summed E-state index contributed by atoms with van der Waals surface area (Å²) in [7, 11) is 0. The van der Waals surface area contributed by atoms with E-state index in [1.807, 2.05) is 0 Å². The van der Waals surface area contributed by atoms with E-state index in [-0.39, 0.29) is 5.69 Å². The molecule has 0 atom stereocenters. The first kappa shape index (κ1) is 15.4. The van der Waals surface area contributed by atoms with E-state index < -0.39 is 11.7 Å². The first-order valence-electron chi connectivity index (χ1n) is 5.24. The van der Waals surface area contributed by atoms with Gasteiger partial charge in [0.25, 0.3) is 0 Å². The largest absolute Gasteiger partial charge is 0.418 e. The van der Waals surface area contributed by atoms with Crippen molar-refractivity contribution in [3.05, 3.63) is 40.9 Å². The maximum absolute atomic E-state index is 12.7. The normalized spacial score (nSPS) is 11.3. The van der Waals surface area contributed by atoms with Gasteiger partial charge in [-0.25, -0.2) is 0 Å². The number of hydrogen-bond donors (Lipinski definition) is 1. The van der Waals surface area contributed by atoms with Gasteiger partial charge in [0, 0.05) is 28.2 Å². The van der Waals surface area contributed by atoms with Gasteiger partial charge in [-0.3, -0.25) is 0 Å². The van der Waals surface area contributed by atoms with Crippen molar-refractivity contribution in [3.63, 3.8) is 0 Å². The van der Waals surface area contributed by atoms with Crippen LogP contribution in [0.3, 0.4) is 0 Å². The average molecular weight is 340 g/mol. The van der Waals surface area contributed by atoms with Crippen LogP contribution in [-0.2, 0) is 6.18 Å². The fraction of sp³-hybridized carbons (Fsp3) is 0.333. The Morgan fingerprint density at radius 2 is 2.11 bits per heavy atom. The van der Waals surface area contributed by atoms with E-state index in [2.05, 4.69) is 27.8 Å². The van der Waals surface area contributed by atoms with Crippen molar-refractivity contribution >= 4 is 33.4 Å². The van der Waals surface area contributed by atoms with E-state index in [0.29, 0.717) is 11.0 Å². The molecule has 1 aromatic rings. The number of halogens is 4. The van der Waals surface area contributed by atoms with Gasteiger partial charge in [0.2, 0.25) is 0 Å². The Kier molecular flexibility index (Phi) is 6.08. The van der Waals surface area contributed by atoms with Gasteiger partial charge < -0.3 is 5.32 Å². The maximum Gasteiger partial charge on any atom is 0.418 e. The van der Waals surface area contributed by atoms with E-state index in [0.717, 1.165) is 17.6 Å². The predicted molar refractivity (Wildman–Crippen MR) is 75.2 cm³/mol. The molecule has 0 spiro atoms. The summed E-state index contributed by atoms with van der Waals surface area (Å²) in [6, 6.07) is 3.91. The quantitative estimate of drug-likeness (QED) is 0.590. The lowest BCUT2D eigenvalue weighted by Gasteiger charge is -2.14. The fourth-order valence-corrected chi connectivity index (χ4v) is 2.28. The lowest BCUT2D eigenvalue weighted by atomic mass is 10.1. The summed E-state index contributed by atoms with van der Waals surface area (Å²) in [4.78, 5) is 0. The molecule has 0 aliphatic carbocycles. The molecular weight excluding hydrogens is 327 g/mol. The summed E-state index contributed by atoms with van der Waals surface area (Å²) in [5.41, 5.74) is -0.532. The number of rotatable bonds is 6. The van der Waals surface area contributed by atoms with Gasteiger partial charge >= 0.3 is 6.18 Å². The average Bonchev–Trinajstić information content (AvgIpc) is 2.27. The van der Waals surface area contributed by atoms with Crippen LogP contribution in [0, 0.1) is 0 Å². The molecule has 0 aromatic heterocycles. The third-order valence-corrected chi connectivity index (χ3v) is 3.54. The summed E-state index contributed by atoms with van der Waals surface area (Å²) in [5, 5.41) is 2.81. The van der Waals surface area contributed by atoms with Crippen molar-refractivity contribution in [2.24, 2.45) is 0 Å². The molecule has 0 aliphatic rings. The Morgan fingerprint density at radius 3 is 2.72 bits per heavy atom. The van der Waals surface area contributed by atoms with Crippen LogP contribution in [0.2, 0.25) is 0 Å². The Morgan fingerprint density at radius 1 is 1.39 bits per heavy atom. The molecule has 1 aromatic carbocycles. The predicted octanol–water partition coefficient (Wildman–Crippen LogP) is 4.80. The van der Waals surface area contributed by atoms with E-state index >= 15 is 0 Å². The number of thioether (sulfide) groups is 1. The third kappa shape index (κ3) is 4.94. The van der Waals surface area contributed by atoms with Crippen LogP contribution in [0.15, 0.2) is 35.3 Å².